The van der Waals surface area contributed by atoms with Crippen molar-refractivity contribution in [3.63, 3.8) is 0 Å². The van der Waals surface area contributed by atoms with E-state index in [-0.39, 0.29) is 31.3 Å². The number of hydrogen-bond acceptors (Lipinski definition) is 7. The van der Waals surface area contributed by atoms with E-state index in [1.54, 1.807) is 6.08 Å². The first-order valence-electron chi connectivity index (χ1n) is 31.1. The number of likely N-dealkylation sites (N-methyl/N-ethyl adjacent to an activating group) is 1. The summed E-state index contributed by atoms with van der Waals surface area (Å²) in [4.78, 5) is 40.0. The molecule has 0 spiro atoms. The Morgan fingerprint density at radius 3 is 1.23 bits per heavy atom. The molecule has 0 aromatic heterocycles. The maximum absolute atomic E-state index is 13.5. The predicted octanol–water partition coefficient (Wildman–Crippen LogP) is 18.8. The van der Waals surface area contributed by atoms with E-state index in [0.717, 1.165) is 135 Å². The molecule has 10 heteroatoms. The monoisotopic (exact) mass is 1110 g/mol. The van der Waals surface area contributed by atoms with Crippen LogP contribution in [0.25, 0.3) is 0 Å². The number of phosphoric ester groups is 1. The zero-order chi connectivity index (χ0) is 57.9. The minimum absolute atomic E-state index is 0.0431. The SMILES string of the molecule is CC/C=C\C/C=C\C/C=C\C/C=C\C/C=C\C/C=C\CCCCC(=O)NC(COP(=O)([O-])OCC[N+](C)(C)C)C(/C=C/CCCCCCCCCCC)OC(=O)CCCCCCC/C=C\C/C=C\C/C=C\C/C=C\C/C=C\CC. The Hall–Kier alpha value is -4.11. The van der Waals surface area contributed by atoms with Crippen LogP contribution in [-0.2, 0) is 27.9 Å². The van der Waals surface area contributed by atoms with Crippen LogP contribution in [0, 0.1) is 0 Å². The summed E-state index contributed by atoms with van der Waals surface area (Å²) in [5.74, 6) is -0.627. The Morgan fingerprint density at radius 1 is 0.456 bits per heavy atom. The summed E-state index contributed by atoms with van der Waals surface area (Å²) in [6.07, 6.45) is 82.5. The van der Waals surface area contributed by atoms with E-state index in [2.05, 4.69) is 160 Å². The van der Waals surface area contributed by atoms with Crippen LogP contribution < -0.4 is 10.2 Å². The Bertz CT molecular complexity index is 1860. The fourth-order valence-electron chi connectivity index (χ4n) is 8.02. The summed E-state index contributed by atoms with van der Waals surface area (Å²) in [5, 5.41) is 2.99. The maximum atomic E-state index is 13.5. The largest absolute Gasteiger partial charge is 0.756 e. The normalized spacial score (nSPS) is 14.7. The van der Waals surface area contributed by atoms with Crippen LogP contribution in [0.2, 0.25) is 0 Å². The van der Waals surface area contributed by atoms with E-state index in [4.69, 9.17) is 13.8 Å². The lowest BCUT2D eigenvalue weighted by molar-refractivity contribution is -0.870. The fraction of sp³-hybridized carbons (Fsp3) is 0.623. The van der Waals surface area contributed by atoms with E-state index in [1.807, 2.05) is 27.2 Å². The number of hydrogen-bond donors (Lipinski definition) is 1. The quantitative estimate of drug-likeness (QED) is 0.0212. The van der Waals surface area contributed by atoms with Crippen molar-refractivity contribution in [2.45, 2.75) is 238 Å². The number of unbranched alkanes of at least 4 members (excludes halogenated alkanes) is 16. The second-order valence-corrected chi connectivity index (χ2v) is 22.9. The van der Waals surface area contributed by atoms with Crippen molar-refractivity contribution in [3.05, 3.63) is 146 Å². The topological polar surface area (TPSA) is 114 Å². The van der Waals surface area contributed by atoms with Gasteiger partial charge in [-0.1, -0.05) is 231 Å². The predicted molar refractivity (Wildman–Crippen MR) is 339 cm³/mol. The molecule has 0 rings (SSSR count). The molecule has 0 saturated heterocycles. The van der Waals surface area contributed by atoms with Crippen LogP contribution >= 0.6 is 7.82 Å². The lowest BCUT2D eigenvalue weighted by Gasteiger charge is -2.30. The third-order valence-electron chi connectivity index (χ3n) is 12.8. The molecule has 3 unspecified atom stereocenters. The first-order valence-corrected chi connectivity index (χ1v) is 32.6. The molecule has 3 atom stereocenters. The first kappa shape index (κ1) is 74.9. The average molecular weight is 1120 g/mol. The van der Waals surface area contributed by atoms with Crippen molar-refractivity contribution in [1.82, 2.24) is 5.32 Å². The summed E-state index contributed by atoms with van der Waals surface area (Å²) >= 11 is 0. The summed E-state index contributed by atoms with van der Waals surface area (Å²) in [7, 11) is 1.12. The highest BCUT2D eigenvalue weighted by Crippen LogP contribution is 2.38. The molecule has 0 aliphatic heterocycles. The van der Waals surface area contributed by atoms with Crippen LogP contribution in [0.5, 0.6) is 0 Å². The minimum atomic E-state index is -4.73. The second kappa shape index (κ2) is 57.1. The lowest BCUT2D eigenvalue weighted by Crippen LogP contribution is -2.47. The van der Waals surface area contributed by atoms with Crippen molar-refractivity contribution < 1.29 is 37.3 Å². The Morgan fingerprint density at radius 2 is 0.810 bits per heavy atom. The van der Waals surface area contributed by atoms with E-state index in [9.17, 15) is 19.0 Å². The number of allylic oxidation sites excluding steroid dienone is 23. The Kier molecular flexibility index (Phi) is 54.2. The molecular weight excluding hydrogens is 1000 g/mol. The van der Waals surface area contributed by atoms with Crippen LogP contribution in [0.1, 0.15) is 226 Å². The standard InChI is InChI=1S/C69H115N2O7P/c1-7-10-13-16-19-22-25-27-29-31-33-35-37-39-41-43-46-49-52-55-58-61-68(72)70-66(65-77-79(74,75)76-64-63-71(4,5)6)67(60-57-54-51-48-45-24-21-18-15-12-9-3)78-69(73)62-59-56-53-50-47-44-42-40-38-36-34-32-30-28-26-23-20-17-14-11-8-2/h10-11,13-14,19-20,22-23,27-30,33-36,39-42,46,49,57,60,66-67H,7-9,12,15-18,21,24-26,31-32,37-38,43-45,47-48,50-56,58-59,61-65H2,1-6H3,(H-,70,72,74,75)/b13-10-,14-11-,22-19-,23-20-,29-27-,30-28-,35-33-,36-34-,41-39-,42-40-,49-46-,60-57+. The van der Waals surface area contributed by atoms with Gasteiger partial charge in [0.05, 0.1) is 33.8 Å². The molecular formula is C69H115N2O7P. The smallest absolute Gasteiger partial charge is 0.306 e. The van der Waals surface area contributed by atoms with E-state index >= 15 is 0 Å². The van der Waals surface area contributed by atoms with Crippen molar-refractivity contribution in [2.75, 3.05) is 40.9 Å². The van der Waals surface area contributed by atoms with Crippen molar-refractivity contribution in [2.24, 2.45) is 0 Å². The third-order valence-corrected chi connectivity index (χ3v) is 13.7. The number of ether oxygens (including phenoxy) is 1. The number of carbonyl (C=O) groups excluding carboxylic acids is 2. The number of nitrogens with zero attached hydrogens (tertiary/aromatic N) is 1. The molecule has 0 aliphatic rings. The van der Waals surface area contributed by atoms with Crippen LogP contribution in [0.15, 0.2) is 146 Å². The van der Waals surface area contributed by atoms with Gasteiger partial charge in [0.25, 0.3) is 7.82 Å². The van der Waals surface area contributed by atoms with Crippen molar-refractivity contribution >= 4 is 19.7 Å². The molecule has 1 amide bonds. The maximum Gasteiger partial charge on any atom is 0.306 e. The van der Waals surface area contributed by atoms with Crippen LogP contribution in [0.3, 0.4) is 0 Å². The number of amides is 1. The number of nitrogens with one attached hydrogen (secondary N) is 1. The third kappa shape index (κ3) is 58.4. The van der Waals surface area contributed by atoms with Gasteiger partial charge in [-0.05, 0) is 128 Å². The molecule has 448 valence electrons. The molecule has 1 N–H and O–H groups in total. The average Bonchev–Trinajstić information content (AvgIpc) is 3.41. The Labute approximate surface area is 485 Å². The second-order valence-electron chi connectivity index (χ2n) is 21.4. The van der Waals surface area contributed by atoms with Gasteiger partial charge >= 0.3 is 5.97 Å². The number of esters is 1. The van der Waals surface area contributed by atoms with Gasteiger partial charge in [0.1, 0.15) is 19.3 Å². The molecule has 79 heavy (non-hydrogen) atoms. The Balaban J connectivity index is 5.35. The molecule has 0 radical (unpaired) electrons. The van der Waals surface area contributed by atoms with Crippen LogP contribution in [0.4, 0.5) is 0 Å². The number of carbonyl (C=O) groups is 2. The van der Waals surface area contributed by atoms with Gasteiger partial charge in [-0.25, -0.2) is 0 Å². The number of rotatable bonds is 54. The first-order chi connectivity index (χ1) is 38.4. The minimum Gasteiger partial charge on any atom is -0.756 e. The summed E-state index contributed by atoms with van der Waals surface area (Å²) in [6, 6.07) is -0.931. The summed E-state index contributed by atoms with van der Waals surface area (Å²) in [6.45, 7) is 6.53. The highest BCUT2D eigenvalue weighted by Gasteiger charge is 2.27. The summed E-state index contributed by atoms with van der Waals surface area (Å²) < 4.78 is 30.3. The zero-order valence-electron chi connectivity index (χ0n) is 51.0. The number of quaternary nitrogens is 1. The van der Waals surface area contributed by atoms with Gasteiger partial charge < -0.3 is 28.5 Å². The van der Waals surface area contributed by atoms with Gasteiger partial charge in [0, 0.05) is 12.8 Å². The molecule has 0 heterocycles. The van der Waals surface area contributed by atoms with Gasteiger partial charge in [-0.3, -0.25) is 14.2 Å². The molecule has 0 aliphatic carbocycles. The van der Waals surface area contributed by atoms with E-state index in [1.165, 1.54) is 44.9 Å². The van der Waals surface area contributed by atoms with Crippen LogP contribution in [-0.4, -0.2) is 69.4 Å². The fourth-order valence-corrected chi connectivity index (χ4v) is 8.74. The van der Waals surface area contributed by atoms with E-state index < -0.39 is 26.6 Å². The molecule has 0 fully saturated rings. The highest BCUT2D eigenvalue weighted by atomic mass is 31.2. The van der Waals surface area contributed by atoms with Crippen molar-refractivity contribution in [1.29, 1.82) is 0 Å². The van der Waals surface area contributed by atoms with Gasteiger partial charge in [-0.2, -0.15) is 0 Å². The van der Waals surface area contributed by atoms with Gasteiger partial charge in [0.15, 0.2) is 0 Å². The van der Waals surface area contributed by atoms with Crippen molar-refractivity contribution in [3.8, 4) is 0 Å². The lowest BCUT2D eigenvalue weighted by atomic mass is 10.1. The molecule has 0 bridgehead atoms. The molecule has 9 nitrogen and oxygen atoms in total. The molecule has 0 saturated carbocycles. The highest BCUT2D eigenvalue weighted by molar-refractivity contribution is 7.45. The van der Waals surface area contributed by atoms with E-state index in [0.29, 0.717) is 23.9 Å². The van der Waals surface area contributed by atoms with Gasteiger partial charge in [0.2, 0.25) is 5.91 Å². The van der Waals surface area contributed by atoms with Gasteiger partial charge in [-0.15, -0.1) is 0 Å². The summed E-state index contributed by atoms with van der Waals surface area (Å²) in [5.41, 5.74) is 0. The molecule has 0 aromatic rings. The molecule has 0 aromatic carbocycles. The zero-order valence-corrected chi connectivity index (χ0v) is 51.9. The number of phosphoric acid groups is 1.